The number of aromatic nitrogens is 7. The van der Waals surface area contributed by atoms with Gasteiger partial charge in [0.15, 0.2) is 17.0 Å². The zero-order valence-electron chi connectivity index (χ0n) is 20.3. The van der Waals surface area contributed by atoms with E-state index in [-0.39, 0.29) is 17.6 Å². The Morgan fingerprint density at radius 3 is 2.42 bits per heavy atom. The second kappa shape index (κ2) is 9.05. The van der Waals surface area contributed by atoms with Crippen molar-refractivity contribution >= 4 is 11.0 Å². The SMILES string of the molecule is COc1ncnc(C2CC2)c1-c1nc(Oc2ccc(-c3nc(C(F)(F)F)cn3C)cc2)c2ncccc2n1. The van der Waals surface area contributed by atoms with Crippen molar-refractivity contribution in [2.45, 2.75) is 24.9 Å². The van der Waals surface area contributed by atoms with Crippen LogP contribution in [0.2, 0.25) is 0 Å². The molecule has 1 saturated carbocycles. The second-order valence-corrected chi connectivity index (χ2v) is 8.83. The number of ether oxygens (including phenoxy) is 2. The van der Waals surface area contributed by atoms with Crippen LogP contribution < -0.4 is 9.47 Å². The highest BCUT2D eigenvalue weighted by Crippen LogP contribution is 2.45. The van der Waals surface area contributed by atoms with Crippen LogP contribution in [-0.2, 0) is 13.2 Å². The molecule has 4 aromatic heterocycles. The molecule has 6 rings (SSSR count). The van der Waals surface area contributed by atoms with E-state index in [1.807, 2.05) is 0 Å². The van der Waals surface area contributed by atoms with Gasteiger partial charge in [0.25, 0.3) is 0 Å². The summed E-state index contributed by atoms with van der Waals surface area (Å²) in [6, 6.07) is 10.1. The Morgan fingerprint density at radius 1 is 0.947 bits per heavy atom. The van der Waals surface area contributed by atoms with Crippen molar-refractivity contribution in [3.05, 3.63) is 66.5 Å². The third-order valence-corrected chi connectivity index (χ3v) is 6.14. The van der Waals surface area contributed by atoms with E-state index in [9.17, 15) is 13.2 Å². The lowest BCUT2D eigenvalue weighted by Gasteiger charge is -2.13. The molecule has 1 aromatic carbocycles. The first-order valence-electron chi connectivity index (χ1n) is 11.7. The lowest BCUT2D eigenvalue weighted by molar-refractivity contribution is -0.140. The summed E-state index contributed by atoms with van der Waals surface area (Å²) in [5, 5.41) is 0. The molecule has 12 heteroatoms. The highest BCUT2D eigenvalue weighted by molar-refractivity contribution is 5.82. The summed E-state index contributed by atoms with van der Waals surface area (Å²) in [4.78, 5) is 26.2. The predicted molar refractivity (Wildman–Crippen MR) is 131 cm³/mol. The minimum Gasteiger partial charge on any atom is -0.480 e. The van der Waals surface area contributed by atoms with Crippen LogP contribution in [0, 0.1) is 0 Å². The lowest BCUT2D eigenvalue weighted by atomic mass is 10.1. The maximum Gasteiger partial charge on any atom is 0.434 e. The summed E-state index contributed by atoms with van der Waals surface area (Å²) in [6.07, 6.45) is 1.54. The van der Waals surface area contributed by atoms with Crippen molar-refractivity contribution in [2.75, 3.05) is 7.11 Å². The van der Waals surface area contributed by atoms with Crippen LogP contribution in [0.1, 0.15) is 30.1 Å². The number of fused-ring (bicyclic) bond motifs is 1. The molecule has 192 valence electrons. The van der Waals surface area contributed by atoms with E-state index in [0.29, 0.717) is 39.6 Å². The molecule has 4 heterocycles. The zero-order chi connectivity index (χ0) is 26.4. The normalized spacial score (nSPS) is 13.6. The smallest absolute Gasteiger partial charge is 0.434 e. The van der Waals surface area contributed by atoms with E-state index in [4.69, 9.17) is 14.5 Å². The lowest BCUT2D eigenvalue weighted by Crippen LogP contribution is -2.04. The molecule has 0 atom stereocenters. The number of nitrogens with zero attached hydrogens (tertiary/aromatic N) is 7. The molecule has 0 bridgehead atoms. The molecule has 38 heavy (non-hydrogen) atoms. The molecule has 9 nitrogen and oxygen atoms in total. The third kappa shape index (κ3) is 4.38. The van der Waals surface area contributed by atoms with Crippen molar-refractivity contribution < 1.29 is 22.6 Å². The highest BCUT2D eigenvalue weighted by Gasteiger charge is 2.35. The maximum atomic E-state index is 13.1. The Balaban J connectivity index is 1.38. The topological polar surface area (TPSA) is 101 Å². The van der Waals surface area contributed by atoms with Gasteiger partial charge in [-0.2, -0.15) is 18.2 Å². The van der Waals surface area contributed by atoms with Crippen LogP contribution in [0.3, 0.4) is 0 Å². The van der Waals surface area contributed by atoms with E-state index < -0.39 is 11.9 Å². The summed E-state index contributed by atoms with van der Waals surface area (Å²) < 4.78 is 52.2. The Hall–Kier alpha value is -4.61. The third-order valence-electron chi connectivity index (χ3n) is 6.14. The average molecular weight is 519 g/mol. The molecule has 0 radical (unpaired) electrons. The van der Waals surface area contributed by atoms with Crippen molar-refractivity contribution in [1.29, 1.82) is 0 Å². The van der Waals surface area contributed by atoms with Gasteiger partial charge in [-0.3, -0.25) is 0 Å². The van der Waals surface area contributed by atoms with Gasteiger partial charge < -0.3 is 14.0 Å². The van der Waals surface area contributed by atoms with Crippen LogP contribution in [-0.4, -0.2) is 41.6 Å². The van der Waals surface area contributed by atoms with Crippen molar-refractivity contribution in [2.24, 2.45) is 7.05 Å². The minimum atomic E-state index is -4.52. The fraction of sp³-hybridized carbons (Fsp3) is 0.231. The largest absolute Gasteiger partial charge is 0.480 e. The maximum absolute atomic E-state index is 13.1. The van der Waals surface area contributed by atoms with Crippen LogP contribution in [0.15, 0.2) is 55.1 Å². The molecule has 1 aliphatic rings. The van der Waals surface area contributed by atoms with Gasteiger partial charge in [-0.1, -0.05) is 0 Å². The van der Waals surface area contributed by atoms with Crippen LogP contribution in [0.5, 0.6) is 17.5 Å². The summed E-state index contributed by atoms with van der Waals surface area (Å²) >= 11 is 0. The van der Waals surface area contributed by atoms with E-state index in [1.165, 1.54) is 25.1 Å². The summed E-state index contributed by atoms with van der Waals surface area (Å²) in [5.41, 5.74) is 1.99. The highest BCUT2D eigenvalue weighted by atomic mass is 19.4. The monoisotopic (exact) mass is 519 g/mol. The van der Waals surface area contributed by atoms with Gasteiger partial charge in [0.1, 0.15) is 23.5 Å². The molecule has 0 unspecified atom stereocenters. The number of methoxy groups -OCH3 is 1. The number of hydrogen-bond donors (Lipinski definition) is 0. The van der Waals surface area contributed by atoms with Crippen LogP contribution in [0.4, 0.5) is 13.2 Å². The molecular weight excluding hydrogens is 499 g/mol. The number of benzene rings is 1. The van der Waals surface area contributed by atoms with Gasteiger partial charge in [0.05, 0.1) is 18.3 Å². The number of aryl methyl sites for hydroxylation is 1. The number of alkyl halides is 3. The number of imidazole rings is 1. The quantitative estimate of drug-likeness (QED) is 0.287. The second-order valence-electron chi connectivity index (χ2n) is 8.83. The van der Waals surface area contributed by atoms with E-state index in [2.05, 4.69) is 24.9 Å². The van der Waals surface area contributed by atoms with Crippen molar-refractivity contribution in [3.63, 3.8) is 0 Å². The summed E-state index contributed by atoms with van der Waals surface area (Å²) in [5.74, 6) is 1.81. The fourth-order valence-electron chi connectivity index (χ4n) is 4.19. The molecule has 5 aromatic rings. The number of pyridine rings is 1. The van der Waals surface area contributed by atoms with Gasteiger partial charge >= 0.3 is 6.18 Å². The van der Waals surface area contributed by atoms with Crippen molar-refractivity contribution in [1.82, 2.24) is 34.5 Å². The predicted octanol–water partition coefficient (Wildman–Crippen LogP) is 5.58. The Bertz CT molecular complexity index is 1650. The van der Waals surface area contributed by atoms with Crippen molar-refractivity contribution in [3.8, 4) is 40.3 Å². The standard InChI is InChI=1S/C26H20F3N7O2/c1-36-12-18(26(27,28)29)34-23(36)15-7-9-16(10-8-15)38-25-21-17(4-3-11-30-21)33-22(35-25)19-20(14-5-6-14)31-13-32-24(19)37-2/h3-4,7-14H,5-6H2,1-2H3. The number of halogens is 3. The van der Waals surface area contributed by atoms with Gasteiger partial charge in [0.2, 0.25) is 11.8 Å². The zero-order valence-corrected chi connectivity index (χ0v) is 20.3. The molecule has 0 saturated heterocycles. The minimum absolute atomic E-state index is 0.184. The van der Waals surface area contributed by atoms with E-state index >= 15 is 0 Å². The number of rotatable bonds is 6. The van der Waals surface area contributed by atoms with Gasteiger partial charge in [-0.25, -0.2) is 24.9 Å². The molecule has 0 spiro atoms. The molecule has 0 amide bonds. The average Bonchev–Trinajstić information content (AvgIpc) is 3.68. The molecular formula is C26H20F3N7O2. The first-order chi connectivity index (χ1) is 18.3. The molecule has 0 aliphatic heterocycles. The van der Waals surface area contributed by atoms with Crippen LogP contribution in [0.25, 0.3) is 33.8 Å². The van der Waals surface area contributed by atoms with E-state index in [1.54, 1.807) is 42.6 Å². The Morgan fingerprint density at radius 2 is 1.74 bits per heavy atom. The van der Waals surface area contributed by atoms with E-state index in [0.717, 1.165) is 24.7 Å². The fourth-order valence-corrected chi connectivity index (χ4v) is 4.19. The van der Waals surface area contributed by atoms with Gasteiger partial charge in [-0.05, 0) is 49.2 Å². The first kappa shape index (κ1) is 23.8. The Kier molecular flexibility index (Phi) is 5.66. The Labute approximate surface area is 214 Å². The number of hydrogen-bond acceptors (Lipinski definition) is 8. The van der Waals surface area contributed by atoms with Gasteiger partial charge in [-0.15, -0.1) is 0 Å². The summed E-state index contributed by atoms with van der Waals surface area (Å²) in [6.45, 7) is 0. The van der Waals surface area contributed by atoms with Crippen LogP contribution >= 0.6 is 0 Å². The molecule has 1 aliphatic carbocycles. The molecule has 1 fully saturated rings. The molecule has 0 N–H and O–H groups in total. The summed E-state index contributed by atoms with van der Waals surface area (Å²) in [7, 11) is 3.04. The van der Waals surface area contributed by atoms with Gasteiger partial charge in [0, 0.05) is 30.9 Å². The first-order valence-corrected chi connectivity index (χ1v) is 11.7.